The van der Waals surface area contributed by atoms with Crippen molar-refractivity contribution in [2.75, 3.05) is 0 Å². The summed E-state index contributed by atoms with van der Waals surface area (Å²) in [5, 5.41) is 0. The summed E-state index contributed by atoms with van der Waals surface area (Å²) in [5.74, 6) is 0.299. The molecular weight excluding hydrogens is 308 g/mol. The molecule has 3 aromatic carbocycles. The van der Waals surface area contributed by atoms with E-state index in [1.165, 1.54) is 16.7 Å². The monoisotopic (exact) mass is 330 g/mol. The molecule has 1 unspecified atom stereocenters. The summed E-state index contributed by atoms with van der Waals surface area (Å²) in [6.07, 6.45) is 1.64. The van der Waals surface area contributed by atoms with E-state index in [-0.39, 0.29) is 11.9 Å². The van der Waals surface area contributed by atoms with Crippen molar-refractivity contribution < 1.29 is 9.53 Å². The van der Waals surface area contributed by atoms with Crippen LogP contribution in [0.15, 0.2) is 84.9 Å². The van der Waals surface area contributed by atoms with Gasteiger partial charge in [-0.15, -0.1) is 0 Å². The highest BCUT2D eigenvalue weighted by Crippen LogP contribution is 2.21. The maximum atomic E-state index is 12.2. The second-order valence-corrected chi connectivity index (χ2v) is 6.24. The Morgan fingerprint density at radius 3 is 2.00 bits per heavy atom. The van der Waals surface area contributed by atoms with E-state index < -0.39 is 0 Å². The van der Waals surface area contributed by atoms with E-state index in [1.54, 1.807) is 12.1 Å². The summed E-state index contributed by atoms with van der Waals surface area (Å²) < 4.78 is 5.40. The zero-order valence-corrected chi connectivity index (χ0v) is 14.4. The number of rotatable bonds is 6. The molecule has 0 aliphatic rings. The van der Waals surface area contributed by atoms with E-state index in [4.69, 9.17) is 4.74 Å². The Balaban J connectivity index is 1.53. The van der Waals surface area contributed by atoms with E-state index in [1.807, 2.05) is 43.3 Å². The number of hydrogen-bond donors (Lipinski definition) is 0. The van der Waals surface area contributed by atoms with Crippen LogP contribution in [0.1, 0.15) is 18.9 Å². The fourth-order valence-electron chi connectivity index (χ4n) is 2.70. The SMILES string of the molecule is CC(CCc1ccc(-c2ccccc2)cc1)C(=O)Oc1ccccc1. The number of carbonyl (C=O) groups excluding carboxylic acids is 1. The number of aryl methyl sites for hydroxylation is 1. The number of ether oxygens (including phenoxy) is 1. The molecule has 0 aliphatic carbocycles. The number of carbonyl (C=O) groups is 1. The third kappa shape index (κ3) is 4.80. The molecule has 2 nitrogen and oxygen atoms in total. The summed E-state index contributed by atoms with van der Waals surface area (Å²) >= 11 is 0. The minimum Gasteiger partial charge on any atom is -0.426 e. The Hall–Kier alpha value is -2.87. The van der Waals surface area contributed by atoms with Crippen LogP contribution in [0.2, 0.25) is 0 Å². The molecule has 0 amide bonds. The average molecular weight is 330 g/mol. The molecular formula is C23H22O2. The van der Waals surface area contributed by atoms with Crippen LogP contribution in [0.5, 0.6) is 5.75 Å². The number of esters is 1. The highest BCUT2D eigenvalue weighted by molar-refractivity contribution is 5.74. The minimum absolute atomic E-state index is 0.131. The van der Waals surface area contributed by atoms with Crippen LogP contribution in [0.4, 0.5) is 0 Å². The molecule has 0 saturated carbocycles. The average Bonchev–Trinajstić information content (AvgIpc) is 2.68. The van der Waals surface area contributed by atoms with Gasteiger partial charge in [0.2, 0.25) is 0 Å². The number of benzene rings is 3. The van der Waals surface area contributed by atoms with Gasteiger partial charge in [-0.1, -0.05) is 79.7 Å². The molecule has 25 heavy (non-hydrogen) atoms. The van der Waals surface area contributed by atoms with Gasteiger partial charge in [-0.25, -0.2) is 0 Å². The van der Waals surface area contributed by atoms with Crippen LogP contribution in [0.25, 0.3) is 11.1 Å². The maximum Gasteiger partial charge on any atom is 0.314 e. The van der Waals surface area contributed by atoms with Gasteiger partial charge in [-0.05, 0) is 41.7 Å². The molecule has 0 aromatic heterocycles. The van der Waals surface area contributed by atoms with E-state index in [0.717, 1.165) is 12.8 Å². The standard InChI is InChI=1S/C23H22O2/c1-18(23(24)25-22-10-6-3-7-11-22)12-13-19-14-16-21(17-15-19)20-8-4-2-5-9-20/h2-11,14-18H,12-13H2,1H3. The van der Waals surface area contributed by atoms with E-state index >= 15 is 0 Å². The van der Waals surface area contributed by atoms with Crippen molar-refractivity contribution in [2.24, 2.45) is 5.92 Å². The number of para-hydroxylation sites is 1. The molecule has 0 aliphatic heterocycles. The molecule has 0 radical (unpaired) electrons. The molecule has 2 heteroatoms. The molecule has 0 N–H and O–H groups in total. The van der Waals surface area contributed by atoms with Crippen molar-refractivity contribution >= 4 is 5.97 Å². The van der Waals surface area contributed by atoms with E-state index in [9.17, 15) is 4.79 Å². The third-order valence-electron chi connectivity index (χ3n) is 4.29. The Morgan fingerprint density at radius 1 is 0.800 bits per heavy atom. The lowest BCUT2D eigenvalue weighted by Gasteiger charge is -2.11. The molecule has 3 aromatic rings. The highest BCUT2D eigenvalue weighted by Gasteiger charge is 2.15. The molecule has 0 bridgehead atoms. The zero-order chi connectivity index (χ0) is 17.5. The van der Waals surface area contributed by atoms with Crippen molar-refractivity contribution in [3.8, 4) is 16.9 Å². The summed E-state index contributed by atoms with van der Waals surface area (Å²) in [7, 11) is 0. The van der Waals surface area contributed by atoms with Crippen LogP contribution in [0.3, 0.4) is 0 Å². The normalized spacial score (nSPS) is 11.7. The van der Waals surface area contributed by atoms with Crippen LogP contribution in [-0.4, -0.2) is 5.97 Å². The quantitative estimate of drug-likeness (QED) is 0.439. The first-order valence-electron chi connectivity index (χ1n) is 8.63. The van der Waals surface area contributed by atoms with E-state index in [2.05, 4.69) is 36.4 Å². The zero-order valence-electron chi connectivity index (χ0n) is 14.4. The van der Waals surface area contributed by atoms with Crippen molar-refractivity contribution in [1.82, 2.24) is 0 Å². The highest BCUT2D eigenvalue weighted by atomic mass is 16.5. The van der Waals surface area contributed by atoms with Crippen LogP contribution in [0, 0.1) is 5.92 Å². The van der Waals surface area contributed by atoms with Crippen LogP contribution in [-0.2, 0) is 11.2 Å². The third-order valence-corrected chi connectivity index (χ3v) is 4.29. The first kappa shape index (κ1) is 17.0. The minimum atomic E-state index is -0.174. The second kappa shape index (κ2) is 8.29. The fraction of sp³-hybridized carbons (Fsp3) is 0.174. The van der Waals surface area contributed by atoms with Crippen molar-refractivity contribution in [3.63, 3.8) is 0 Å². The van der Waals surface area contributed by atoms with Gasteiger partial charge >= 0.3 is 5.97 Å². The van der Waals surface area contributed by atoms with Gasteiger partial charge in [0.05, 0.1) is 5.92 Å². The van der Waals surface area contributed by atoms with Gasteiger partial charge in [0.15, 0.2) is 0 Å². The summed E-state index contributed by atoms with van der Waals surface area (Å²) in [6.45, 7) is 1.92. The Morgan fingerprint density at radius 2 is 1.36 bits per heavy atom. The first-order chi connectivity index (χ1) is 12.2. The van der Waals surface area contributed by atoms with Crippen LogP contribution < -0.4 is 4.74 Å². The first-order valence-corrected chi connectivity index (χ1v) is 8.63. The summed E-state index contributed by atoms with van der Waals surface area (Å²) in [5.41, 5.74) is 3.66. The lowest BCUT2D eigenvalue weighted by atomic mass is 9.98. The second-order valence-electron chi connectivity index (χ2n) is 6.24. The molecule has 0 spiro atoms. The smallest absolute Gasteiger partial charge is 0.314 e. The molecule has 126 valence electrons. The predicted molar refractivity (Wildman–Crippen MR) is 101 cm³/mol. The fourth-order valence-corrected chi connectivity index (χ4v) is 2.70. The van der Waals surface area contributed by atoms with Crippen molar-refractivity contribution in [2.45, 2.75) is 19.8 Å². The van der Waals surface area contributed by atoms with Gasteiger partial charge in [-0.3, -0.25) is 4.79 Å². The molecule has 0 saturated heterocycles. The van der Waals surface area contributed by atoms with Crippen LogP contribution >= 0.6 is 0 Å². The van der Waals surface area contributed by atoms with Crippen molar-refractivity contribution in [3.05, 3.63) is 90.5 Å². The Labute approximate surface area is 149 Å². The topological polar surface area (TPSA) is 26.3 Å². The lowest BCUT2D eigenvalue weighted by Crippen LogP contribution is -2.18. The largest absolute Gasteiger partial charge is 0.426 e. The number of hydrogen-bond acceptors (Lipinski definition) is 2. The van der Waals surface area contributed by atoms with Gasteiger partial charge < -0.3 is 4.74 Å². The van der Waals surface area contributed by atoms with Gasteiger partial charge in [-0.2, -0.15) is 0 Å². The molecule has 0 fully saturated rings. The maximum absolute atomic E-state index is 12.2. The van der Waals surface area contributed by atoms with Gasteiger partial charge in [0, 0.05) is 0 Å². The van der Waals surface area contributed by atoms with Crippen molar-refractivity contribution in [1.29, 1.82) is 0 Å². The summed E-state index contributed by atoms with van der Waals surface area (Å²) in [6, 6.07) is 28.1. The van der Waals surface area contributed by atoms with Gasteiger partial charge in [0.1, 0.15) is 5.75 Å². The Bertz CT molecular complexity index is 793. The molecule has 1 atom stereocenters. The lowest BCUT2D eigenvalue weighted by molar-refractivity contribution is -0.138. The summed E-state index contributed by atoms with van der Waals surface area (Å²) in [4.78, 5) is 12.2. The van der Waals surface area contributed by atoms with E-state index in [0.29, 0.717) is 5.75 Å². The predicted octanol–water partition coefficient (Wildman–Crippen LogP) is 5.53. The van der Waals surface area contributed by atoms with Gasteiger partial charge in [0.25, 0.3) is 0 Å². The molecule has 0 heterocycles. The molecule has 3 rings (SSSR count). The Kier molecular flexibility index (Phi) is 5.63.